The van der Waals surface area contributed by atoms with Gasteiger partial charge in [0.05, 0.1) is 19.0 Å². The lowest BCUT2D eigenvalue weighted by Crippen LogP contribution is -2.40. The van der Waals surface area contributed by atoms with Gasteiger partial charge >= 0.3 is 0 Å². The second-order valence-corrected chi connectivity index (χ2v) is 4.86. The zero-order chi connectivity index (χ0) is 14.5. The van der Waals surface area contributed by atoms with Crippen LogP contribution in [-0.2, 0) is 9.59 Å². The Morgan fingerprint density at radius 2 is 2.05 bits per heavy atom. The summed E-state index contributed by atoms with van der Waals surface area (Å²) >= 11 is 0. The quantitative estimate of drug-likeness (QED) is 0.903. The Morgan fingerprint density at radius 3 is 2.55 bits per heavy atom. The van der Waals surface area contributed by atoms with Gasteiger partial charge in [0.15, 0.2) is 0 Å². The maximum absolute atomic E-state index is 12.1. The number of anilines is 1. The Bertz CT molecular complexity index is 479. The summed E-state index contributed by atoms with van der Waals surface area (Å²) in [6.45, 7) is 2.85. The number of carbonyl (C=O) groups is 2. The van der Waals surface area contributed by atoms with Gasteiger partial charge < -0.3 is 15.0 Å². The third kappa shape index (κ3) is 3.46. The summed E-state index contributed by atoms with van der Waals surface area (Å²) in [4.78, 5) is 29.2. The molecule has 0 aliphatic carbocycles. The Labute approximate surface area is 118 Å². The average molecular weight is 277 g/mol. The number of ether oxygens (including phenoxy) is 1. The monoisotopic (exact) mass is 277 g/mol. The molecule has 6 heteroatoms. The SMILES string of the molecule is COc1ccc(NC(=O)C2CCN(C(C)=O)CC2)cn1. The molecule has 0 atom stereocenters. The van der Waals surface area contributed by atoms with Crippen molar-refractivity contribution in [1.82, 2.24) is 9.88 Å². The van der Waals surface area contributed by atoms with Crippen molar-refractivity contribution in [2.24, 2.45) is 5.92 Å². The first-order valence-electron chi connectivity index (χ1n) is 6.66. The van der Waals surface area contributed by atoms with Gasteiger partial charge in [0.25, 0.3) is 0 Å². The van der Waals surface area contributed by atoms with Crippen LogP contribution in [0.4, 0.5) is 5.69 Å². The first-order chi connectivity index (χ1) is 9.60. The third-order valence-corrected chi connectivity index (χ3v) is 3.52. The molecule has 2 amide bonds. The van der Waals surface area contributed by atoms with Crippen LogP contribution in [0.3, 0.4) is 0 Å². The maximum Gasteiger partial charge on any atom is 0.227 e. The minimum absolute atomic E-state index is 0.0137. The van der Waals surface area contributed by atoms with Gasteiger partial charge in [-0.25, -0.2) is 4.98 Å². The second-order valence-electron chi connectivity index (χ2n) is 4.86. The molecule has 1 aromatic heterocycles. The summed E-state index contributed by atoms with van der Waals surface area (Å²) in [5.74, 6) is 0.522. The van der Waals surface area contributed by atoms with Crippen molar-refractivity contribution in [1.29, 1.82) is 0 Å². The molecule has 1 fully saturated rings. The first-order valence-corrected chi connectivity index (χ1v) is 6.66. The van der Waals surface area contributed by atoms with Crippen molar-refractivity contribution < 1.29 is 14.3 Å². The molecular formula is C14H19N3O3. The Kier molecular flexibility index (Phi) is 4.55. The van der Waals surface area contributed by atoms with Crippen molar-refractivity contribution >= 4 is 17.5 Å². The number of hydrogen-bond acceptors (Lipinski definition) is 4. The highest BCUT2D eigenvalue weighted by Gasteiger charge is 2.25. The Balaban J connectivity index is 1.87. The largest absolute Gasteiger partial charge is 0.481 e. The van der Waals surface area contributed by atoms with E-state index in [1.54, 1.807) is 37.3 Å². The molecule has 0 radical (unpaired) electrons. The molecule has 1 aromatic rings. The predicted octanol–water partition coefficient (Wildman–Crippen LogP) is 1.29. The van der Waals surface area contributed by atoms with E-state index >= 15 is 0 Å². The normalized spacial score (nSPS) is 15.8. The van der Waals surface area contributed by atoms with Gasteiger partial charge in [0.1, 0.15) is 0 Å². The highest BCUT2D eigenvalue weighted by molar-refractivity contribution is 5.92. The van der Waals surface area contributed by atoms with Crippen molar-refractivity contribution in [3.63, 3.8) is 0 Å². The van der Waals surface area contributed by atoms with Crippen molar-refractivity contribution in [2.75, 3.05) is 25.5 Å². The number of rotatable bonds is 3. The zero-order valence-corrected chi connectivity index (χ0v) is 11.8. The lowest BCUT2D eigenvalue weighted by Gasteiger charge is -2.30. The van der Waals surface area contributed by atoms with Crippen LogP contribution in [0.5, 0.6) is 5.88 Å². The lowest BCUT2D eigenvalue weighted by molar-refractivity contribution is -0.132. The summed E-state index contributed by atoms with van der Waals surface area (Å²) in [5, 5.41) is 2.85. The highest BCUT2D eigenvalue weighted by atomic mass is 16.5. The van der Waals surface area contributed by atoms with Gasteiger partial charge in [-0.15, -0.1) is 0 Å². The van der Waals surface area contributed by atoms with Crippen LogP contribution >= 0.6 is 0 Å². The van der Waals surface area contributed by atoms with Crippen LogP contribution in [0.2, 0.25) is 0 Å². The van der Waals surface area contributed by atoms with E-state index < -0.39 is 0 Å². The minimum atomic E-state index is -0.0484. The number of likely N-dealkylation sites (tertiary alicyclic amines) is 1. The fourth-order valence-corrected chi connectivity index (χ4v) is 2.28. The standard InChI is InChI=1S/C14H19N3O3/c1-10(18)17-7-5-11(6-8-17)14(19)16-12-3-4-13(20-2)15-9-12/h3-4,9,11H,5-8H2,1-2H3,(H,16,19). The first kappa shape index (κ1) is 14.3. The van der Waals surface area contributed by atoms with Crippen LogP contribution in [0.25, 0.3) is 0 Å². The van der Waals surface area contributed by atoms with E-state index in [2.05, 4.69) is 10.3 Å². The lowest BCUT2D eigenvalue weighted by atomic mass is 9.96. The van der Waals surface area contributed by atoms with E-state index in [1.165, 1.54) is 0 Å². The number of nitrogens with one attached hydrogen (secondary N) is 1. The van der Waals surface area contributed by atoms with Crippen LogP contribution in [-0.4, -0.2) is 41.9 Å². The van der Waals surface area contributed by atoms with E-state index in [-0.39, 0.29) is 17.7 Å². The second kappa shape index (κ2) is 6.36. The number of hydrogen-bond donors (Lipinski definition) is 1. The molecule has 1 aliphatic heterocycles. The van der Waals surface area contributed by atoms with Gasteiger partial charge in [-0.3, -0.25) is 9.59 Å². The van der Waals surface area contributed by atoms with Gasteiger partial charge in [-0.05, 0) is 18.9 Å². The summed E-state index contributed by atoms with van der Waals surface area (Å²) in [6, 6.07) is 3.46. The number of pyridine rings is 1. The summed E-state index contributed by atoms with van der Waals surface area (Å²) in [7, 11) is 1.55. The molecule has 108 valence electrons. The molecule has 1 aliphatic rings. The third-order valence-electron chi connectivity index (χ3n) is 3.52. The Morgan fingerprint density at radius 1 is 1.35 bits per heavy atom. The minimum Gasteiger partial charge on any atom is -0.481 e. The number of aromatic nitrogens is 1. The summed E-state index contributed by atoms with van der Waals surface area (Å²) in [6.07, 6.45) is 2.98. The highest BCUT2D eigenvalue weighted by Crippen LogP contribution is 2.20. The van der Waals surface area contributed by atoms with E-state index in [4.69, 9.17) is 4.74 Å². The van der Waals surface area contributed by atoms with Crippen molar-refractivity contribution in [2.45, 2.75) is 19.8 Å². The molecule has 0 saturated carbocycles. The fraction of sp³-hybridized carbons (Fsp3) is 0.500. The van der Waals surface area contributed by atoms with Crippen LogP contribution in [0, 0.1) is 5.92 Å². The van der Waals surface area contributed by atoms with Crippen molar-refractivity contribution in [3.05, 3.63) is 18.3 Å². The van der Waals surface area contributed by atoms with Gasteiger partial charge in [-0.2, -0.15) is 0 Å². The molecule has 0 spiro atoms. The number of amides is 2. The number of methoxy groups -OCH3 is 1. The molecule has 2 rings (SSSR count). The van der Waals surface area contributed by atoms with Crippen LogP contribution in [0.15, 0.2) is 18.3 Å². The van der Waals surface area contributed by atoms with E-state index in [0.29, 0.717) is 37.5 Å². The van der Waals surface area contributed by atoms with E-state index in [1.807, 2.05) is 0 Å². The zero-order valence-electron chi connectivity index (χ0n) is 11.8. The van der Waals surface area contributed by atoms with Gasteiger partial charge in [0, 0.05) is 32.0 Å². The van der Waals surface area contributed by atoms with E-state index in [0.717, 1.165) is 0 Å². The fourth-order valence-electron chi connectivity index (χ4n) is 2.28. The molecule has 1 saturated heterocycles. The smallest absolute Gasteiger partial charge is 0.227 e. The Hall–Kier alpha value is -2.11. The molecule has 6 nitrogen and oxygen atoms in total. The van der Waals surface area contributed by atoms with E-state index in [9.17, 15) is 9.59 Å². The van der Waals surface area contributed by atoms with Crippen LogP contribution in [0.1, 0.15) is 19.8 Å². The van der Waals surface area contributed by atoms with Crippen LogP contribution < -0.4 is 10.1 Å². The van der Waals surface area contributed by atoms with Crippen molar-refractivity contribution in [3.8, 4) is 5.88 Å². The summed E-state index contributed by atoms with van der Waals surface area (Å²) < 4.78 is 4.96. The molecule has 20 heavy (non-hydrogen) atoms. The van der Waals surface area contributed by atoms with Gasteiger partial charge in [0.2, 0.25) is 17.7 Å². The van der Waals surface area contributed by atoms with Gasteiger partial charge in [-0.1, -0.05) is 0 Å². The number of carbonyl (C=O) groups excluding carboxylic acids is 2. The predicted molar refractivity (Wildman–Crippen MR) is 74.4 cm³/mol. The molecule has 1 N–H and O–H groups in total. The number of nitrogens with zero attached hydrogens (tertiary/aromatic N) is 2. The summed E-state index contributed by atoms with van der Waals surface area (Å²) in [5.41, 5.74) is 0.657. The molecule has 0 unspecified atom stereocenters. The number of piperidine rings is 1. The average Bonchev–Trinajstić information content (AvgIpc) is 2.48. The molecule has 0 bridgehead atoms. The maximum atomic E-state index is 12.1. The molecule has 0 aromatic carbocycles. The topological polar surface area (TPSA) is 71.5 Å². The molecule has 2 heterocycles. The molecular weight excluding hydrogens is 258 g/mol.